The molecule has 0 saturated carbocycles. The summed E-state index contributed by atoms with van der Waals surface area (Å²) in [5, 5.41) is 17.1. The minimum Gasteiger partial charge on any atom is -0.478 e. The lowest BCUT2D eigenvalue weighted by molar-refractivity contribution is 0.0651. The van der Waals surface area contributed by atoms with Crippen LogP contribution in [0.4, 0.5) is 0 Å². The average molecular weight is 346 g/mol. The van der Waals surface area contributed by atoms with Crippen LogP contribution in [0.1, 0.15) is 20.7 Å². The molecule has 0 amide bonds. The Bertz CT molecular complexity index is 383. The van der Waals surface area contributed by atoms with Gasteiger partial charge in [0, 0.05) is 39.3 Å². The highest BCUT2D eigenvalue weighted by atomic mass is 16.4. The normalized spacial score (nSPS) is 8.42. The summed E-state index contributed by atoms with van der Waals surface area (Å²) in [6.45, 7) is 3.58. The van der Waals surface area contributed by atoms with Gasteiger partial charge in [-0.1, -0.05) is 12.1 Å². The lowest BCUT2D eigenvalue weighted by Crippen LogP contribution is -2.11. The lowest BCUT2D eigenvalue weighted by Gasteiger charge is -1.98. The molecule has 140 valence electrons. The van der Waals surface area contributed by atoms with Crippen LogP contribution in [0.15, 0.2) is 24.3 Å². The fraction of sp³-hybridized carbons (Fsp3) is 0.429. The van der Waals surface area contributed by atoms with Crippen molar-refractivity contribution < 1.29 is 19.8 Å². The Hall–Kier alpha value is -2.08. The van der Waals surface area contributed by atoms with E-state index in [9.17, 15) is 9.59 Å². The summed E-state index contributed by atoms with van der Waals surface area (Å²) in [6, 6.07) is 5.48. The molecule has 10 nitrogen and oxygen atoms in total. The second-order valence-corrected chi connectivity index (χ2v) is 3.89. The minimum atomic E-state index is -1.23. The molecule has 0 aliphatic carbocycles. The van der Waals surface area contributed by atoms with Gasteiger partial charge in [0.1, 0.15) is 0 Å². The number of benzene rings is 1. The van der Waals surface area contributed by atoms with Gasteiger partial charge >= 0.3 is 11.9 Å². The Kier molecular flexibility index (Phi) is 23.4. The van der Waals surface area contributed by atoms with Crippen LogP contribution in [0, 0.1) is 0 Å². The molecule has 1 rings (SSSR count). The van der Waals surface area contributed by atoms with Crippen molar-refractivity contribution in [2.45, 2.75) is 0 Å². The van der Waals surface area contributed by atoms with Gasteiger partial charge in [-0.3, -0.25) is 0 Å². The molecule has 0 aliphatic rings. The fourth-order valence-corrected chi connectivity index (χ4v) is 0.856. The molecular formula is C14H30N6O4. The van der Waals surface area contributed by atoms with Crippen molar-refractivity contribution in [3.63, 3.8) is 0 Å². The number of carbonyl (C=O) groups is 2. The maximum atomic E-state index is 10.5. The summed E-state index contributed by atoms with van der Waals surface area (Å²) in [6.07, 6.45) is 0. The van der Waals surface area contributed by atoms with E-state index in [-0.39, 0.29) is 11.1 Å². The van der Waals surface area contributed by atoms with E-state index in [1.807, 2.05) is 0 Å². The zero-order valence-corrected chi connectivity index (χ0v) is 13.7. The Morgan fingerprint density at radius 2 is 0.833 bits per heavy atom. The van der Waals surface area contributed by atoms with Crippen LogP contribution in [-0.4, -0.2) is 61.4 Å². The molecule has 0 atom stereocenters. The summed E-state index contributed by atoms with van der Waals surface area (Å²) in [7, 11) is 0. The maximum absolute atomic E-state index is 10.5. The first-order valence-corrected chi connectivity index (χ1v) is 7.13. The monoisotopic (exact) mass is 346 g/mol. The highest BCUT2D eigenvalue weighted by Gasteiger charge is 2.13. The van der Waals surface area contributed by atoms with Crippen molar-refractivity contribution in [3.05, 3.63) is 35.4 Å². The smallest absolute Gasteiger partial charge is 0.336 e. The van der Waals surface area contributed by atoms with Gasteiger partial charge in [-0.2, -0.15) is 0 Å². The van der Waals surface area contributed by atoms with Crippen LogP contribution in [0.5, 0.6) is 0 Å². The van der Waals surface area contributed by atoms with E-state index in [1.165, 1.54) is 24.3 Å². The maximum Gasteiger partial charge on any atom is 0.336 e. The van der Waals surface area contributed by atoms with Gasteiger partial charge < -0.3 is 44.6 Å². The van der Waals surface area contributed by atoms with Gasteiger partial charge in [0.2, 0.25) is 0 Å². The van der Waals surface area contributed by atoms with Crippen LogP contribution in [0.2, 0.25) is 0 Å². The highest BCUT2D eigenvalue weighted by Crippen LogP contribution is 2.07. The number of aromatic carboxylic acids is 2. The summed E-state index contributed by atoms with van der Waals surface area (Å²) < 4.78 is 0. The van der Waals surface area contributed by atoms with Gasteiger partial charge in [-0.05, 0) is 12.1 Å². The van der Waals surface area contributed by atoms with E-state index >= 15 is 0 Å². The molecular weight excluding hydrogens is 316 g/mol. The molecule has 0 bridgehead atoms. The van der Waals surface area contributed by atoms with Crippen molar-refractivity contribution >= 4 is 11.9 Å². The molecule has 0 saturated heterocycles. The van der Waals surface area contributed by atoms with Crippen molar-refractivity contribution in [2.24, 2.45) is 34.4 Å². The first-order chi connectivity index (χ1) is 11.4. The van der Waals surface area contributed by atoms with Crippen molar-refractivity contribution in [1.82, 2.24) is 0 Å². The fourth-order valence-electron chi connectivity index (χ4n) is 0.856. The van der Waals surface area contributed by atoms with Crippen LogP contribution in [0.25, 0.3) is 0 Å². The summed E-state index contributed by atoms with van der Waals surface area (Å²) in [5.74, 6) is -2.46. The number of nitrogens with two attached hydrogens (primary N) is 6. The molecule has 0 unspecified atom stereocenters. The number of hydrogen-bond acceptors (Lipinski definition) is 8. The Morgan fingerprint density at radius 1 is 0.625 bits per heavy atom. The SMILES string of the molecule is NCCN.NCCN.NCCN.O=C(O)c1ccccc1C(=O)O. The van der Waals surface area contributed by atoms with Crippen LogP contribution in [0.3, 0.4) is 0 Å². The van der Waals surface area contributed by atoms with Crippen LogP contribution >= 0.6 is 0 Å². The molecule has 0 aliphatic heterocycles. The molecule has 14 N–H and O–H groups in total. The van der Waals surface area contributed by atoms with E-state index in [0.717, 1.165) is 0 Å². The van der Waals surface area contributed by atoms with Gasteiger partial charge in [-0.25, -0.2) is 9.59 Å². The largest absolute Gasteiger partial charge is 0.478 e. The summed E-state index contributed by atoms with van der Waals surface area (Å²) >= 11 is 0. The van der Waals surface area contributed by atoms with Gasteiger partial charge in [0.05, 0.1) is 11.1 Å². The molecule has 0 spiro atoms. The lowest BCUT2D eigenvalue weighted by atomic mass is 10.1. The highest BCUT2D eigenvalue weighted by molar-refractivity contribution is 6.01. The molecule has 10 heteroatoms. The van der Waals surface area contributed by atoms with E-state index in [4.69, 9.17) is 44.6 Å². The minimum absolute atomic E-state index is 0.190. The number of hydrogen-bond donors (Lipinski definition) is 8. The molecule has 1 aromatic rings. The van der Waals surface area contributed by atoms with E-state index in [2.05, 4.69) is 0 Å². The van der Waals surface area contributed by atoms with Crippen molar-refractivity contribution in [1.29, 1.82) is 0 Å². The zero-order chi connectivity index (χ0) is 19.4. The topological polar surface area (TPSA) is 231 Å². The molecule has 1 aromatic carbocycles. The van der Waals surface area contributed by atoms with E-state index in [0.29, 0.717) is 39.3 Å². The second-order valence-electron chi connectivity index (χ2n) is 3.89. The molecule has 0 heterocycles. The van der Waals surface area contributed by atoms with Gasteiger partial charge in [0.15, 0.2) is 0 Å². The Morgan fingerprint density at radius 3 is 0.958 bits per heavy atom. The summed E-state index contributed by atoms with van der Waals surface area (Å²) in [4.78, 5) is 20.9. The number of rotatable bonds is 5. The van der Waals surface area contributed by atoms with Gasteiger partial charge in [0.25, 0.3) is 0 Å². The van der Waals surface area contributed by atoms with E-state index in [1.54, 1.807) is 0 Å². The van der Waals surface area contributed by atoms with E-state index < -0.39 is 11.9 Å². The number of carboxylic acids is 2. The first-order valence-electron chi connectivity index (χ1n) is 7.13. The Balaban J connectivity index is -0.000000304. The van der Waals surface area contributed by atoms with Crippen molar-refractivity contribution in [3.8, 4) is 0 Å². The molecule has 0 fully saturated rings. The Labute approximate surface area is 141 Å². The average Bonchev–Trinajstić information content (AvgIpc) is 2.62. The molecule has 24 heavy (non-hydrogen) atoms. The third-order valence-corrected chi connectivity index (χ3v) is 1.89. The predicted molar refractivity (Wildman–Crippen MR) is 94.7 cm³/mol. The molecule has 0 radical (unpaired) electrons. The second kappa shape index (κ2) is 20.9. The number of carboxylic acid groups (broad SMARTS) is 2. The quantitative estimate of drug-likeness (QED) is 0.286. The molecule has 0 aromatic heterocycles. The van der Waals surface area contributed by atoms with Gasteiger partial charge in [-0.15, -0.1) is 0 Å². The standard InChI is InChI=1S/C8H6O4.3C2H8N2/c9-7(10)5-3-1-2-4-6(5)8(11)12;3*3-1-2-4/h1-4H,(H,9,10)(H,11,12);3*1-4H2. The van der Waals surface area contributed by atoms with Crippen LogP contribution < -0.4 is 34.4 Å². The van der Waals surface area contributed by atoms with Crippen LogP contribution in [-0.2, 0) is 0 Å². The predicted octanol–water partition coefficient (Wildman–Crippen LogP) is -2.21. The third kappa shape index (κ3) is 18.0. The van der Waals surface area contributed by atoms with Crippen molar-refractivity contribution in [2.75, 3.05) is 39.3 Å². The first kappa shape index (κ1) is 26.8. The summed E-state index contributed by atoms with van der Waals surface area (Å²) in [5.41, 5.74) is 29.0. The third-order valence-electron chi connectivity index (χ3n) is 1.89. The zero-order valence-electron chi connectivity index (χ0n) is 13.7.